The van der Waals surface area contributed by atoms with Crippen molar-refractivity contribution >= 4 is 54.8 Å². The molecule has 0 nitrogen and oxygen atoms in total. The smallest absolute Gasteiger partial charge is 0.0843 e. The summed E-state index contributed by atoms with van der Waals surface area (Å²) in [5.74, 6) is 0.596. The maximum Gasteiger partial charge on any atom is 0.0843 e. The molecule has 1 heterocycles. The van der Waals surface area contributed by atoms with Gasteiger partial charge in [-0.1, -0.05) is 33.1 Å². The number of halogens is 3. The zero-order valence-electron chi connectivity index (χ0n) is 9.60. The Kier molecular flexibility index (Phi) is 6.94. The summed E-state index contributed by atoms with van der Waals surface area (Å²) >= 11 is 15.3. The molecule has 0 aromatic carbocycles. The highest BCUT2D eigenvalue weighted by Gasteiger charge is 2.21. The molecule has 0 aliphatic heterocycles. The normalized spacial score (nSPS) is 15.1. The van der Waals surface area contributed by atoms with Gasteiger partial charge in [0.25, 0.3) is 0 Å². The Hall–Kier alpha value is 0.950. The zero-order chi connectivity index (χ0) is 12.1. The predicted molar refractivity (Wildman–Crippen MR) is 81.6 cm³/mol. The first-order valence-corrected chi connectivity index (χ1v) is 8.52. The summed E-state index contributed by atoms with van der Waals surface area (Å²) in [7, 11) is 0. The van der Waals surface area contributed by atoms with E-state index in [0.717, 1.165) is 14.7 Å². The fourth-order valence-electron chi connectivity index (χ4n) is 1.76. The van der Waals surface area contributed by atoms with Gasteiger partial charge in [-0.3, -0.25) is 0 Å². The molecular weight excluding hydrogens is 371 g/mol. The first kappa shape index (κ1) is 15.0. The third-order valence-corrected chi connectivity index (χ3v) is 6.86. The SMILES string of the molecule is CCCCC(CC)C(Cl)c1cc(Br)c(Br)s1. The minimum Gasteiger partial charge on any atom is -0.130 e. The standard InChI is InChI=1S/C12H17Br2ClS/c1-3-5-6-8(4-2)11(15)10-7-9(13)12(14)16-10/h7-8,11H,3-6H2,1-2H3. The lowest BCUT2D eigenvalue weighted by Gasteiger charge is -2.19. The van der Waals surface area contributed by atoms with Crippen LogP contribution in [0.4, 0.5) is 0 Å². The second-order valence-corrected chi connectivity index (χ2v) is 7.71. The molecule has 0 radical (unpaired) electrons. The van der Waals surface area contributed by atoms with Gasteiger partial charge in [0.2, 0.25) is 0 Å². The number of hydrogen-bond donors (Lipinski definition) is 0. The minimum absolute atomic E-state index is 0.157. The Morgan fingerprint density at radius 3 is 2.50 bits per heavy atom. The highest BCUT2D eigenvalue weighted by molar-refractivity contribution is 9.13. The van der Waals surface area contributed by atoms with Crippen molar-refractivity contribution < 1.29 is 0 Å². The van der Waals surface area contributed by atoms with Crippen molar-refractivity contribution in [2.24, 2.45) is 5.92 Å². The van der Waals surface area contributed by atoms with Gasteiger partial charge in [0.1, 0.15) is 0 Å². The van der Waals surface area contributed by atoms with Gasteiger partial charge in [0.05, 0.1) is 9.16 Å². The summed E-state index contributed by atoms with van der Waals surface area (Å²) in [4.78, 5) is 1.27. The average Bonchev–Trinajstić information content (AvgIpc) is 2.60. The van der Waals surface area contributed by atoms with Gasteiger partial charge in [-0.2, -0.15) is 0 Å². The van der Waals surface area contributed by atoms with Crippen LogP contribution in [0.15, 0.2) is 14.3 Å². The molecule has 0 fully saturated rings. The van der Waals surface area contributed by atoms with Crippen LogP contribution in [0, 0.1) is 5.92 Å². The van der Waals surface area contributed by atoms with Crippen molar-refractivity contribution in [3.63, 3.8) is 0 Å². The molecule has 0 aliphatic carbocycles. The molecule has 0 bridgehead atoms. The monoisotopic (exact) mass is 386 g/mol. The van der Waals surface area contributed by atoms with Gasteiger partial charge in [-0.15, -0.1) is 22.9 Å². The molecule has 0 saturated heterocycles. The van der Waals surface area contributed by atoms with Gasteiger partial charge < -0.3 is 0 Å². The van der Waals surface area contributed by atoms with Crippen LogP contribution in [-0.4, -0.2) is 0 Å². The van der Waals surface area contributed by atoms with E-state index in [1.165, 1.54) is 24.1 Å². The molecule has 92 valence electrons. The van der Waals surface area contributed by atoms with E-state index in [1.807, 2.05) is 0 Å². The van der Waals surface area contributed by atoms with Crippen molar-refractivity contribution in [1.29, 1.82) is 0 Å². The summed E-state index contributed by atoms with van der Waals surface area (Å²) in [5, 5.41) is 0.157. The Balaban J connectivity index is 2.70. The van der Waals surface area contributed by atoms with E-state index < -0.39 is 0 Å². The molecule has 2 atom stereocenters. The van der Waals surface area contributed by atoms with E-state index in [0.29, 0.717) is 5.92 Å². The number of rotatable bonds is 6. The fourth-order valence-corrected chi connectivity index (χ4v) is 4.42. The third-order valence-electron chi connectivity index (χ3n) is 2.80. The summed E-state index contributed by atoms with van der Waals surface area (Å²) in [5.41, 5.74) is 0. The first-order chi connectivity index (χ1) is 7.60. The summed E-state index contributed by atoms with van der Waals surface area (Å²) < 4.78 is 2.25. The predicted octanol–water partition coefficient (Wildman–Crippen LogP) is 6.77. The first-order valence-electron chi connectivity index (χ1n) is 5.68. The lowest BCUT2D eigenvalue weighted by Crippen LogP contribution is -2.05. The molecule has 0 amide bonds. The van der Waals surface area contributed by atoms with Crippen molar-refractivity contribution in [1.82, 2.24) is 0 Å². The van der Waals surface area contributed by atoms with Crippen molar-refractivity contribution in [3.05, 3.63) is 19.2 Å². The van der Waals surface area contributed by atoms with E-state index in [1.54, 1.807) is 11.3 Å². The molecule has 2 unspecified atom stereocenters. The molecule has 1 aromatic rings. The van der Waals surface area contributed by atoms with Crippen LogP contribution < -0.4 is 0 Å². The van der Waals surface area contributed by atoms with Crippen molar-refractivity contribution in [3.8, 4) is 0 Å². The third kappa shape index (κ3) is 4.01. The number of thiophene rings is 1. The molecule has 0 saturated carbocycles. The maximum absolute atomic E-state index is 6.56. The van der Waals surface area contributed by atoms with Crippen LogP contribution in [0.2, 0.25) is 0 Å². The largest absolute Gasteiger partial charge is 0.130 e. The second-order valence-electron chi connectivity index (χ2n) is 3.98. The Labute approximate surface area is 124 Å². The van der Waals surface area contributed by atoms with Gasteiger partial charge in [0.15, 0.2) is 0 Å². The Bertz CT molecular complexity index is 305. The lowest BCUT2D eigenvalue weighted by molar-refractivity contribution is 0.440. The topological polar surface area (TPSA) is 0 Å². The molecule has 0 aliphatic rings. The summed E-state index contributed by atoms with van der Waals surface area (Å²) in [6.45, 7) is 4.46. The Morgan fingerprint density at radius 2 is 2.06 bits per heavy atom. The molecule has 1 rings (SSSR count). The zero-order valence-corrected chi connectivity index (χ0v) is 14.3. The minimum atomic E-state index is 0.157. The van der Waals surface area contributed by atoms with Crippen LogP contribution in [0.25, 0.3) is 0 Å². The van der Waals surface area contributed by atoms with Gasteiger partial charge in [0, 0.05) is 9.35 Å². The van der Waals surface area contributed by atoms with Crippen molar-refractivity contribution in [2.45, 2.75) is 44.9 Å². The highest BCUT2D eigenvalue weighted by atomic mass is 79.9. The fraction of sp³-hybridized carbons (Fsp3) is 0.667. The van der Waals surface area contributed by atoms with E-state index >= 15 is 0 Å². The van der Waals surface area contributed by atoms with Crippen LogP contribution in [0.3, 0.4) is 0 Å². The van der Waals surface area contributed by atoms with Crippen LogP contribution >= 0.6 is 54.8 Å². The van der Waals surface area contributed by atoms with Gasteiger partial charge >= 0.3 is 0 Å². The van der Waals surface area contributed by atoms with Crippen LogP contribution in [0.1, 0.15) is 49.8 Å². The maximum atomic E-state index is 6.56. The quantitative estimate of drug-likeness (QED) is 0.472. The Morgan fingerprint density at radius 1 is 1.38 bits per heavy atom. The van der Waals surface area contributed by atoms with Gasteiger partial charge in [-0.25, -0.2) is 0 Å². The van der Waals surface area contributed by atoms with Crippen molar-refractivity contribution in [2.75, 3.05) is 0 Å². The molecule has 16 heavy (non-hydrogen) atoms. The summed E-state index contributed by atoms with van der Waals surface area (Å²) in [6.07, 6.45) is 4.91. The lowest BCUT2D eigenvalue weighted by atomic mass is 9.95. The average molecular weight is 389 g/mol. The van der Waals surface area contributed by atoms with E-state index in [4.69, 9.17) is 11.6 Å². The number of hydrogen-bond acceptors (Lipinski definition) is 1. The number of unbranched alkanes of at least 4 members (excludes halogenated alkanes) is 1. The van der Waals surface area contributed by atoms with Gasteiger partial charge in [-0.05, 0) is 50.3 Å². The van der Waals surface area contributed by atoms with Crippen LogP contribution in [0.5, 0.6) is 0 Å². The summed E-state index contributed by atoms with van der Waals surface area (Å²) in [6, 6.07) is 2.14. The second kappa shape index (κ2) is 7.40. The molecule has 0 spiro atoms. The highest BCUT2D eigenvalue weighted by Crippen LogP contribution is 2.42. The van der Waals surface area contributed by atoms with Crippen LogP contribution in [-0.2, 0) is 0 Å². The molecule has 4 heteroatoms. The molecular formula is C12H17Br2ClS. The molecule has 1 aromatic heterocycles. The molecule has 0 N–H and O–H groups in total. The van der Waals surface area contributed by atoms with E-state index in [-0.39, 0.29) is 5.38 Å². The van der Waals surface area contributed by atoms with E-state index in [9.17, 15) is 0 Å². The number of alkyl halides is 1. The van der Waals surface area contributed by atoms with E-state index in [2.05, 4.69) is 51.8 Å².